The Hall–Kier alpha value is -1.41. The zero-order chi connectivity index (χ0) is 15.5. The van der Waals surface area contributed by atoms with Gasteiger partial charge < -0.3 is 14.5 Å². The molecule has 22 heavy (non-hydrogen) atoms. The zero-order valence-electron chi connectivity index (χ0n) is 13.4. The molecule has 1 saturated heterocycles. The molecule has 0 amide bonds. The molecule has 0 bridgehead atoms. The molecule has 7 nitrogen and oxygen atoms in total. The van der Waals surface area contributed by atoms with Crippen LogP contribution in [0.1, 0.15) is 50.3 Å². The highest BCUT2D eigenvalue weighted by molar-refractivity contribution is 7.98. The second-order valence-electron chi connectivity index (χ2n) is 5.98. The average Bonchev–Trinajstić information content (AvgIpc) is 3.13. The molecule has 1 aliphatic heterocycles. The van der Waals surface area contributed by atoms with Crippen LogP contribution in [0.15, 0.2) is 11.5 Å². The van der Waals surface area contributed by atoms with Crippen molar-refractivity contribution in [1.29, 1.82) is 0 Å². The van der Waals surface area contributed by atoms with Gasteiger partial charge in [0, 0.05) is 25.6 Å². The molecule has 0 radical (unpaired) electrons. The van der Waals surface area contributed by atoms with Gasteiger partial charge in [0.25, 0.3) is 0 Å². The summed E-state index contributed by atoms with van der Waals surface area (Å²) in [7, 11) is 2.06. The van der Waals surface area contributed by atoms with Gasteiger partial charge in [-0.1, -0.05) is 11.8 Å². The molecule has 0 saturated carbocycles. The molecule has 2 aromatic rings. The van der Waals surface area contributed by atoms with E-state index >= 15 is 0 Å². The smallest absolute Gasteiger partial charge is 0.191 e. The summed E-state index contributed by atoms with van der Waals surface area (Å²) >= 11 is 1.67. The highest BCUT2D eigenvalue weighted by Gasteiger charge is 2.22. The van der Waals surface area contributed by atoms with Crippen molar-refractivity contribution in [3.8, 4) is 0 Å². The number of hydrogen-bond donors (Lipinski definition) is 1. The van der Waals surface area contributed by atoms with Crippen LogP contribution < -0.4 is 5.32 Å². The summed E-state index contributed by atoms with van der Waals surface area (Å²) in [5.41, 5.74) is 0. The summed E-state index contributed by atoms with van der Waals surface area (Å²) in [4.78, 5) is 0. The van der Waals surface area contributed by atoms with Gasteiger partial charge in [0.2, 0.25) is 0 Å². The highest BCUT2D eigenvalue weighted by Crippen LogP contribution is 2.26. The fourth-order valence-electron chi connectivity index (χ4n) is 2.81. The minimum atomic E-state index is 0.369. The summed E-state index contributed by atoms with van der Waals surface area (Å²) < 4.78 is 4.22. The maximum Gasteiger partial charge on any atom is 0.191 e. The maximum atomic E-state index is 4.41. The van der Waals surface area contributed by atoms with Crippen molar-refractivity contribution in [3.63, 3.8) is 0 Å². The second-order valence-corrected chi connectivity index (χ2v) is 6.92. The van der Waals surface area contributed by atoms with Crippen molar-refractivity contribution >= 4 is 11.8 Å². The van der Waals surface area contributed by atoms with E-state index in [4.69, 9.17) is 0 Å². The lowest BCUT2D eigenvalue weighted by Gasteiger charge is -2.21. The number of aromatic nitrogens is 6. The predicted molar refractivity (Wildman–Crippen MR) is 85.8 cm³/mol. The Kier molecular flexibility index (Phi) is 4.77. The summed E-state index contributed by atoms with van der Waals surface area (Å²) in [6, 6.07) is 0.369. The monoisotopic (exact) mass is 321 g/mol. The molecule has 1 atom stereocenters. The number of nitrogens with zero attached hydrogens (tertiary/aromatic N) is 6. The minimum Gasteiger partial charge on any atom is -0.316 e. The van der Waals surface area contributed by atoms with E-state index in [1.54, 1.807) is 18.1 Å². The Morgan fingerprint density at radius 3 is 2.95 bits per heavy atom. The fourth-order valence-corrected chi connectivity index (χ4v) is 3.66. The molecule has 1 N–H and O–H groups in total. The third-order valence-electron chi connectivity index (χ3n) is 4.06. The highest BCUT2D eigenvalue weighted by atomic mass is 32.2. The molecular weight excluding hydrogens is 298 g/mol. The van der Waals surface area contributed by atoms with E-state index in [1.165, 1.54) is 12.8 Å². The lowest BCUT2D eigenvalue weighted by molar-refractivity contribution is 0.436. The molecule has 3 rings (SSSR count). The average molecular weight is 321 g/mol. The second kappa shape index (κ2) is 6.78. The first kappa shape index (κ1) is 15.5. The van der Waals surface area contributed by atoms with Crippen molar-refractivity contribution in [1.82, 2.24) is 34.8 Å². The van der Waals surface area contributed by atoms with Gasteiger partial charge in [-0.2, -0.15) is 0 Å². The van der Waals surface area contributed by atoms with Crippen LogP contribution in [0.4, 0.5) is 0 Å². The molecule has 0 aliphatic carbocycles. The summed E-state index contributed by atoms with van der Waals surface area (Å²) in [6.07, 6.45) is 4.18. The van der Waals surface area contributed by atoms with E-state index in [0.717, 1.165) is 35.6 Å². The minimum absolute atomic E-state index is 0.369. The lowest BCUT2D eigenvalue weighted by atomic mass is 9.99. The van der Waals surface area contributed by atoms with Crippen molar-refractivity contribution in [2.75, 3.05) is 13.1 Å². The van der Waals surface area contributed by atoms with E-state index < -0.39 is 0 Å². The number of piperidine rings is 1. The molecule has 2 aromatic heterocycles. The van der Waals surface area contributed by atoms with Crippen LogP contribution in [0.3, 0.4) is 0 Å². The van der Waals surface area contributed by atoms with E-state index in [1.807, 2.05) is 0 Å². The third-order valence-corrected chi connectivity index (χ3v) is 5.08. The Bertz CT molecular complexity index is 612. The Labute approximate surface area is 134 Å². The normalized spacial score (nSPS) is 19.0. The molecular formula is C14H23N7S. The van der Waals surface area contributed by atoms with Crippen LogP contribution >= 0.6 is 11.8 Å². The Morgan fingerprint density at radius 1 is 1.36 bits per heavy atom. The third kappa shape index (κ3) is 3.17. The maximum absolute atomic E-state index is 4.41. The number of rotatable bonds is 5. The number of nitrogens with one attached hydrogen (secondary N) is 1. The molecule has 0 spiro atoms. The van der Waals surface area contributed by atoms with E-state index in [9.17, 15) is 0 Å². The van der Waals surface area contributed by atoms with Gasteiger partial charge in [-0.15, -0.1) is 20.4 Å². The summed E-state index contributed by atoms with van der Waals surface area (Å²) in [5.74, 6) is 3.29. The first-order valence-corrected chi connectivity index (χ1v) is 8.76. The van der Waals surface area contributed by atoms with Gasteiger partial charge in [-0.25, -0.2) is 0 Å². The van der Waals surface area contributed by atoms with Gasteiger partial charge in [-0.3, -0.25) is 0 Å². The van der Waals surface area contributed by atoms with Crippen LogP contribution in [0.25, 0.3) is 0 Å². The summed E-state index contributed by atoms with van der Waals surface area (Å²) in [6.45, 7) is 6.38. The number of thioether (sulfide) groups is 1. The van der Waals surface area contributed by atoms with Gasteiger partial charge >= 0.3 is 0 Å². The van der Waals surface area contributed by atoms with Crippen molar-refractivity contribution in [3.05, 3.63) is 18.0 Å². The Morgan fingerprint density at radius 2 is 2.23 bits per heavy atom. The molecule has 1 aliphatic rings. The molecule has 0 aromatic carbocycles. The lowest BCUT2D eigenvalue weighted by Crippen LogP contribution is -2.29. The van der Waals surface area contributed by atoms with Crippen molar-refractivity contribution < 1.29 is 0 Å². The van der Waals surface area contributed by atoms with Gasteiger partial charge in [-0.05, 0) is 33.2 Å². The van der Waals surface area contributed by atoms with Crippen LogP contribution in [0.5, 0.6) is 0 Å². The first-order valence-electron chi connectivity index (χ1n) is 7.78. The predicted octanol–water partition coefficient (Wildman–Crippen LogP) is 1.75. The van der Waals surface area contributed by atoms with Gasteiger partial charge in [0.15, 0.2) is 5.16 Å². The molecule has 8 heteroatoms. The van der Waals surface area contributed by atoms with Crippen LogP contribution in [0, 0.1) is 0 Å². The van der Waals surface area contributed by atoms with E-state index in [0.29, 0.717) is 12.0 Å². The van der Waals surface area contributed by atoms with Crippen molar-refractivity contribution in [2.24, 2.45) is 7.05 Å². The number of hydrogen-bond acceptors (Lipinski definition) is 6. The van der Waals surface area contributed by atoms with E-state index in [-0.39, 0.29) is 0 Å². The fraction of sp³-hybridized carbons (Fsp3) is 0.714. The largest absolute Gasteiger partial charge is 0.316 e. The molecule has 3 heterocycles. The Balaban J connectivity index is 1.68. The van der Waals surface area contributed by atoms with Gasteiger partial charge in [0.1, 0.15) is 18.0 Å². The van der Waals surface area contributed by atoms with Crippen LogP contribution in [-0.2, 0) is 12.8 Å². The first-order chi connectivity index (χ1) is 10.7. The van der Waals surface area contributed by atoms with E-state index in [2.05, 4.69) is 55.7 Å². The van der Waals surface area contributed by atoms with Crippen LogP contribution in [0.2, 0.25) is 0 Å². The molecule has 120 valence electrons. The summed E-state index contributed by atoms with van der Waals surface area (Å²) in [5, 5.41) is 21.3. The zero-order valence-corrected chi connectivity index (χ0v) is 14.2. The van der Waals surface area contributed by atoms with Crippen molar-refractivity contribution in [2.45, 2.75) is 49.6 Å². The molecule has 1 unspecified atom stereocenters. The topological polar surface area (TPSA) is 73.4 Å². The SMILES string of the molecule is CC(C)n1cnnc1CSc1nnc(C2CCCNC2)n1C. The standard InChI is InChI=1S/C14H23N7S/c1-10(2)21-9-16-17-12(21)8-22-14-19-18-13(20(14)3)11-5-4-6-15-7-11/h9-11,15H,4-8H2,1-3H3. The van der Waals surface area contributed by atoms with Crippen LogP contribution in [-0.4, -0.2) is 42.6 Å². The van der Waals surface area contributed by atoms with Gasteiger partial charge in [0.05, 0.1) is 5.75 Å². The molecule has 1 fully saturated rings. The quantitative estimate of drug-likeness (QED) is 0.846.